The zero-order valence-electron chi connectivity index (χ0n) is 9.62. The molecule has 0 fully saturated rings. The first-order chi connectivity index (χ1) is 8.21. The molecule has 17 heavy (non-hydrogen) atoms. The van der Waals surface area contributed by atoms with Crippen molar-refractivity contribution < 1.29 is 0 Å². The molecular formula is C11H13BrN4S. The van der Waals surface area contributed by atoms with E-state index in [0.717, 1.165) is 22.4 Å². The number of aliphatic imine (C=N–C) groups is 1. The maximum absolute atomic E-state index is 8.59. The zero-order chi connectivity index (χ0) is 12.7. The molecule has 0 saturated carbocycles. The maximum atomic E-state index is 8.59. The quantitative estimate of drug-likeness (QED) is 0.389. The molecule has 2 N–H and O–H groups in total. The molecule has 4 nitrogen and oxygen atoms in total. The van der Waals surface area contributed by atoms with Crippen molar-refractivity contribution >= 4 is 44.2 Å². The van der Waals surface area contributed by atoms with Crippen LogP contribution in [0.25, 0.3) is 0 Å². The monoisotopic (exact) mass is 312 g/mol. The van der Waals surface area contributed by atoms with Crippen molar-refractivity contribution in [3.63, 3.8) is 0 Å². The normalized spacial score (nSPS) is 10.8. The van der Waals surface area contributed by atoms with Crippen LogP contribution in [0.1, 0.15) is 6.92 Å². The Labute approximate surface area is 114 Å². The third-order valence-corrected chi connectivity index (χ3v) is 2.98. The molecule has 1 rings (SSSR count). The van der Waals surface area contributed by atoms with Gasteiger partial charge in [0, 0.05) is 11.0 Å². The Morgan fingerprint density at radius 3 is 2.94 bits per heavy atom. The number of thioether (sulfide) groups is 1. The largest absolute Gasteiger partial charge is 0.384 e. The summed E-state index contributed by atoms with van der Waals surface area (Å²) in [6.07, 6.45) is 3.74. The molecule has 0 radical (unpaired) electrons. The second-order valence-corrected chi connectivity index (χ2v) is 4.76. The van der Waals surface area contributed by atoms with Gasteiger partial charge in [0.1, 0.15) is 0 Å². The summed E-state index contributed by atoms with van der Waals surface area (Å²) in [5.74, 6) is 0. The molecule has 90 valence electrons. The number of nitrogens with zero attached hydrogens (tertiary/aromatic N) is 2. The lowest BCUT2D eigenvalue weighted by Gasteiger charge is -2.08. The van der Waals surface area contributed by atoms with Gasteiger partial charge >= 0.3 is 0 Å². The number of benzene rings is 1. The number of hydrogen-bond donors (Lipinski definition) is 2. The summed E-state index contributed by atoms with van der Waals surface area (Å²) < 4.78 is 0.954. The smallest absolute Gasteiger partial charge is 0.183 e. The Morgan fingerprint density at radius 2 is 2.35 bits per heavy atom. The second-order valence-electron chi connectivity index (χ2n) is 3.05. The SMILES string of the molecule is CCNc1ccc(Br)cc1N=C(NC#N)SC. The molecular weight excluding hydrogens is 300 g/mol. The van der Waals surface area contributed by atoms with Gasteiger partial charge in [0.2, 0.25) is 0 Å². The highest BCUT2D eigenvalue weighted by Gasteiger charge is 2.03. The molecule has 0 amide bonds. The van der Waals surface area contributed by atoms with Gasteiger partial charge < -0.3 is 5.32 Å². The highest BCUT2D eigenvalue weighted by Crippen LogP contribution is 2.29. The summed E-state index contributed by atoms with van der Waals surface area (Å²) in [5.41, 5.74) is 1.75. The summed E-state index contributed by atoms with van der Waals surface area (Å²) >= 11 is 4.80. The number of halogens is 1. The molecule has 0 aliphatic carbocycles. The zero-order valence-corrected chi connectivity index (χ0v) is 12.0. The van der Waals surface area contributed by atoms with Crippen LogP contribution < -0.4 is 10.6 Å². The van der Waals surface area contributed by atoms with E-state index in [2.05, 4.69) is 31.6 Å². The molecule has 0 atom stereocenters. The van der Waals surface area contributed by atoms with Crippen molar-refractivity contribution in [2.45, 2.75) is 6.92 Å². The number of nitrogens with one attached hydrogen (secondary N) is 2. The van der Waals surface area contributed by atoms with Gasteiger partial charge in [-0.2, -0.15) is 5.26 Å². The minimum atomic E-state index is 0.574. The first-order valence-corrected chi connectivity index (χ1v) is 7.04. The number of amidine groups is 1. The number of anilines is 1. The number of nitriles is 1. The van der Waals surface area contributed by atoms with Gasteiger partial charge in [0.15, 0.2) is 11.4 Å². The van der Waals surface area contributed by atoms with Crippen LogP contribution in [0.3, 0.4) is 0 Å². The molecule has 0 spiro atoms. The van der Waals surface area contributed by atoms with Crippen molar-refractivity contribution in [2.75, 3.05) is 18.1 Å². The molecule has 1 aromatic rings. The van der Waals surface area contributed by atoms with Gasteiger partial charge in [-0.3, -0.25) is 5.32 Å². The van der Waals surface area contributed by atoms with E-state index >= 15 is 0 Å². The van der Waals surface area contributed by atoms with E-state index in [1.54, 1.807) is 0 Å². The molecule has 6 heteroatoms. The highest BCUT2D eigenvalue weighted by atomic mass is 79.9. The van der Waals surface area contributed by atoms with E-state index in [-0.39, 0.29) is 0 Å². The first-order valence-electron chi connectivity index (χ1n) is 5.02. The fourth-order valence-electron chi connectivity index (χ4n) is 1.22. The molecule has 1 aromatic carbocycles. The van der Waals surface area contributed by atoms with Crippen LogP contribution in [-0.2, 0) is 0 Å². The fraction of sp³-hybridized carbons (Fsp3) is 0.273. The average Bonchev–Trinajstić information content (AvgIpc) is 2.32. The first kappa shape index (κ1) is 13.9. The fourth-order valence-corrected chi connectivity index (χ4v) is 1.91. The van der Waals surface area contributed by atoms with Crippen LogP contribution in [0.4, 0.5) is 11.4 Å². The van der Waals surface area contributed by atoms with Gasteiger partial charge in [-0.15, -0.1) is 0 Å². The predicted molar refractivity (Wildman–Crippen MR) is 77.7 cm³/mol. The lowest BCUT2D eigenvalue weighted by atomic mass is 10.2. The minimum Gasteiger partial charge on any atom is -0.384 e. The molecule has 0 aromatic heterocycles. The Morgan fingerprint density at radius 1 is 1.59 bits per heavy atom. The molecule has 0 aliphatic rings. The van der Waals surface area contributed by atoms with E-state index in [9.17, 15) is 0 Å². The summed E-state index contributed by atoms with van der Waals surface area (Å²) in [6.45, 7) is 2.85. The van der Waals surface area contributed by atoms with Crippen LogP contribution in [0.2, 0.25) is 0 Å². The highest BCUT2D eigenvalue weighted by molar-refractivity contribution is 9.10. The predicted octanol–water partition coefficient (Wildman–Crippen LogP) is 3.30. The van der Waals surface area contributed by atoms with Crippen LogP contribution in [0, 0.1) is 11.5 Å². The van der Waals surface area contributed by atoms with E-state index in [4.69, 9.17) is 5.26 Å². The number of hydrogen-bond acceptors (Lipinski definition) is 4. The number of rotatable bonds is 3. The van der Waals surface area contributed by atoms with Crippen molar-refractivity contribution in [1.29, 1.82) is 5.26 Å². The Kier molecular flexibility index (Phi) is 5.87. The van der Waals surface area contributed by atoms with Crippen LogP contribution in [0.5, 0.6) is 0 Å². The van der Waals surface area contributed by atoms with Gasteiger partial charge in [-0.1, -0.05) is 27.7 Å². The summed E-state index contributed by atoms with van der Waals surface area (Å²) in [6, 6.07) is 5.82. The molecule has 0 heterocycles. The Hall–Kier alpha value is -1.19. The van der Waals surface area contributed by atoms with E-state index in [0.29, 0.717) is 5.17 Å². The third-order valence-electron chi connectivity index (χ3n) is 1.91. The topological polar surface area (TPSA) is 60.2 Å². The third kappa shape index (κ3) is 4.29. The second kappa shape index (κ2) is 7.20. The van der Waals surface area contributed by atoms with Crippen LogP contribution in [0.15, 0.2) is 27.7 Å². The van der Waals surface area contributed by atoms with Gasteiger partial charge in [0.25, 0.3) is 0 Å². The summed E-state index contributed by atoms with van der Waals surface area (Å²) in [5, 5.41) is 14.9. The maximum Gasteiger partial charge on any atom is 0.183 e. The van der Waals surface area contributed by atoms with E-state index < -0.39 is 0 Å². The Bertz CT molecular complexity index is 453. The van der Waals surface area contributed by atoms with Crippen molar-refractivity contribution in [2.24, 2.45) is 4.99 Å². The average molecular weight is 313 g/mol. The van der Waals surface area contributed by atoms with Crippen molar-refractivity contribution in [1.82, 2.24) is 5.32 Å². The van der Waals surface area contributed by atoms with E-state index in [1.807, 2.05) is 37.6 Å². The van der Waals surface area contributed by atoms with Crippen molar-refractivity contribution in [3.05, 3.63) is 22.7 Å². The molecule has 0 bridgehead atoms. The summed E-state index contributed by atoms with van der Waals surface area (Å²) in [7, 11) is 0. The van der Waals surface area contributed by atoms with Gasteiger partial charge in [-0.05, 0) is 31.4 Å². The van der Waals surface area contributed by atoms with Gasteiger partial charge in [0.05, 0.1) is 11.4 Å². The Balaban J connectivity index is 3.10. The van der Waals surface area contributed by atoms with Crippen LogP contribution in [-0.4, -0.2) is 18.0 Å². The van der Waals surface area contributed by atoms with Gasteiger partial charge in [-0.25, -0.2) is 4.99 Å². The minimum absolute atomic E-state index is 0.574. The lowest BCUT2D eigenvalue weighted by Crippen LogP contribution is -2.12. The van der Waals surface area contributed by atoms with Crippen LogP contribution >= 0.6 is 27.7 Å². The lowest BCUT2D eigenvalue weighted by molar-refractivity contribution is 1.20. The summed E-state index contributed by atoms with van der Waals surface area (Å²) in [4.78, 5) is 4.40. The molecule has 0 saturated heterocycles. The standard InChI is InChI=1S/C11H13BrN4S/c1-3-14-9-5-4-8(12)6-10(9)16-11(17-2)15-7-13/h4-6,14H,3H2,1-2H3,(H,15,16). The van der Waals surface area contributed by atoms with Crippen molar-refractivity contribution in [3.8, 4) is 6.19 Å². The molecule has 0 unspecified atom stereocenters. The van der Waals surface area contributed by atoms with E-state index in [1.165, 1.54) is 11.8 Å². The molecule has 0 aliphatic heterocycles.